The predicted molar refractivity (Wildman–Crippen MR) is 175 cm³/mol. The van der Waals surface area contributed by atoms with Crippen molar-refractivity contribution >= 4 is 67.5 Å². The first kappa shape index (κ1) is 25.4. The number of fused-ring (bicyclic) bond motifs is 4. The van der Waals surface area contributed by atoms with Crippen LogP contribution in [-0.4, -0.2) is 29.9 Å². The molecule has 0 aliphatic heterocycles. The Hall–Kier alpha value is -6.28. The van der Waals surface area contributed by atoms with Gasteiger partial charge in [-0.25, -0.2) is 29.9 Å². The maximum absolute atomic E-state index is 5.38. The van der Waals surface area contributed by atoms with E-state index in [2.05, 4.69) is 18.2 Å². The zero-order valence-electron chi connectivity index (χ0n) is 23.4. The Balaban J connectivity index is 1.49. The molecule has 0 amide bonds. The molecular weight excluding hydrogens is 544 g/mol. The Kier molecular flexibility index (Phi) is 6.27. The van der Waals surface area contributed by atoms with E-state index in [1.54, 1.807) is 24.8 Å². The normalized spacial score (nSPS) is 11.2. The van der Waals surface area contributed by atoms with E-state index in [9.17, 15) is 0 Å². The third-order valence-corrected chi connectivity index (χ3v) is 7.44. The highest BCUT2D eigenvalue weighted by Gasteiger charge is 2.25. The summed E-state index contributed by atoms with van der Waals surface area (Å²) >= 11 is 0. The Bertz CT molecular complexity index is 2150. The number of hydrogen-bond acceptors (Lipinski definition) is 8. The quantitative estimate of drug-likeness (QED) is 0.146. The highest BCUT2D eigenvalue weighted by Crippen LogP contribution is 2.43. The molecule has 8 nitrogen and oxygen atoms in total. The number of pyridine rings is 4. The largest absolute Gasteiger partial charge is 0.277 e. The molecule has 0 spiro atoms. The minimum atomic E-state index is 0.693. The van der Waals surface area contributed by atoms with Crippen molar-refractivity contribution in [3.8, 4) is 0 Å². The Morgan fingerprint density at radius 2 is 0.818 bits per heavy atom. The molecule has 0 radical (unpaired) electrons. The Labute approximate surface area is 253 Å². The number of rotatable bonds is 6. The fourth-order valence-electron chi connectivity index (χ4n) is 5.50. The van der Waals surface area contributed by atoms with Gasteiger partial charge in [-0.1, -0.05) is 54.6 Å². The van der Waals surface area contributed by atoms with Gasteiger partial charge in [0, 0.05) is 30.2 Å². The molecule has 0 unspecified atom stereocenters. The molecule has 0 bridgehead atoms. The van der Waals surface area contributed by atoms with Crippen LogP contribution in [0.3, 0.4) is 0 Å². The van der Waals surface area contributed by atoms with Gasteiger partial charge in [0.1, 0.15) is 34.3 Å². The zero-order chi connectivity index (χ0) is 29.3. The van der Waals surface area contributed by atoms with Crippen molar-refractivity contribution in [1.82, 2.24) is 29.9 Å². The van der Waals surface area contributed by atoms with Crippen LogP contribution >= 0.6 is 0 Å². The van der Waals surface area contributed by atoms with Crippen LogP contribution in [0.15, 0.2) is 146 Å². The zero-order valence-corrected chi connectivity index (χ0v) is 23.4. The van der Waals surface area contributed by atoms with E-state index in [-0.39, 0.29) is 0 Å². The maximum atomic E-state index is 5.38. The molecule has 0 aliphatic rings. The van der Waals surface area contributed by atoms with Crippen molar-refractivity contribution in [2.24, 2.45) is 0 Å². The lowest BCUT2D eigenvalue weighted by Crippen LogP contribution is -2.16. The van der Waals surface area contributed by atoms with E-state index in [4.69, 9.17) is 29.9 Å². The summed E-state index contributed by atoms with van der Waals surface area (Å²) < 4.78 is 0. The van der Waals surface area contributed by atoms with Crippen LogP contribution in [0.4, 0.5) is 34.6 Å². The van der Waals surface area contributed by atoms with Gasteiger partial charge in [0.15, 0.2) is 0 Å². The molecular formula is C36H24N8. The van der Waals surface area contributed by atoms with E-state index in [1.165, 1.54) is 0 Å². The molecule has 0 N–H and O–H groups in total. The second-order valence-electron chi connectivity index (χ2n) is 10.1. The summed E-state index contributed by atoms with van der Waals surface area (Å²) in [7, 11) is 0. The van der Waals surface area contributed by atoms with Crippen molar-refractivity contribution in [3.63, 3.8) is 0 Å². The summed E-state index contributed by atoms with van der Waals surface area (Å²) in [6, 6.07) is 39.8. The Morgan fingerprint density at radius 3 is 1.30 bits per heavy atom. The molecule has 0 saturated carbocycles. The summed E-state index contributed by atoms with van der Waals surface area (Å²) in [5.41, 5.74) is 4.59. The van der Waals surface area contributed by atoms with E-state index >= 15 is 0 Å². The number of benzene rings is 3. The number of aromatic nitrogens is 6. The second kappa shape index (κ2) is 10.8. The molecule has 0 atom stereocenters. The topological polar surface area (TPSA) is 83.8 Å². The van der Waals surface area contributed by atoms with Gasteiger partial charge in [-0.15, -0.1) is 0 Å². The maximum Gasteiger partial charge on any atom is 0.138 e. The lowest BCUT2D eigenvalue weighted by atomic mass is 10.1. The van der Waals surface area contributed by atoms with E-state index in [1.807, 2.05) is 113 Å². The van der Waals surface area contributed by atoms with Crippen molar-refractivity contribution in [2.75, 3.05) is 9.80 Å². The second-order valence-corrected chi connectivity index (χ2v) is 10.1. The van der Waals surface area contributed by atoms with Gasteiger partial charge in [-0.2, -0.15) is 0 Å². The average Bonchev–Trinajstić information content (AvgIpc) is 3.10. The van der Waals surface area contributed by atoms with Crippen LogP contribution < -0.4 is 9.80 Å². The third kappa shape index (κ3) is 4.42. The molecule has 8 rings (SSSR count). The molecule has 5 aromatic heterocycles. The minimum Gasteiger partial charge on any atom is -0.277 e. The molecule has 3 aromatic carbocycles. The van der Waals surface area contributed by atoms with E-state index in [0.717, 1.165) is 33.2 Å². The van der Waals surface area contributed by atoms with E-state index < -0.39 is 0 Å². The van der Waals surface area contributed by atoms with Crippen LogP contribution in [0.5, 0.6) is 0 Å². The van der Waals surface area contributed by atoms with Gasteiger partial charge in [0.25, 0.3) is 0 Å². The molecule has 5 heterocycles. The summed E-state index contributed by atoms with van der Waals surface area (Å²) in [6.07, 6.45) is 7.11. The highest BCUT2D eigenvalue weighted by molar-refractivity contribution is 6.10. The SMILES string of the molecule is c1ccc(N(c2ccccn2)c2ccc(N(c3ccccn3)c3ccccn3)c3nc4c(ccc5ccccc54)nc23)nc1. The monoisotopic (exact) mass is 568 g/mol. The lowest BCUT2D eigenvalue weighted by Gasteiger charge is -2.27. The summed E-state index contributed by atoms with van der Waals surface area (Å²) in [5, 5.41) is 2.13. The van der Waals surface area contributed by atoms with Gasteiger partial charge in [-0.3, -0.25) is 9.80 Å². The third-order valence-electron chi connectivity index (χ3n) is 7.44. The smallest absolute Gasteiger partial charge is 0.138 e. The number of anilines is 6. The fourth-order valence-corrected chi connectivity index (χ4v) is 5.50. The number of nitrogens with zero attached hydrogens (tertiary/aromatic N) is 8. The minimum absolute atomic E-state index is 0.693. The molecule has 0 fully saturated rings. The van der Waals surface area contributed by atoms with E-state index in [0.29, 0.717) is 34.3 Å². The molecule has 0 aliphatic carbocycles. The first-order valence-corrected chi connectivity index (χ1v) is 14.2. The van der Waals surface area contributed by atoms with Gasteiger partial charge < -0.3 is 0 Å². The molecule has 208 valence electrons. The van der Waals surface area contributed by atoms with Gasteiger partial charge in [0.2, 0.25) is 0 Å². The fraction of sp³-hybridized carbons (Fsp3) is 0. The highest BCUT2D eigenvalue weighted by atomic mass is 15.3. The van der Waals surface area contributed by atoms with Crippen molar-refractivity contribution in [3.05, 3.63) is 146 Å². The molecule has 44 heavy (non-hydrogen) atoms. The van der Waals surface area contributed by atoms with Crippen LogP contribution in [0.25, 0.3) is 32.8 Å². The summed E-state index contributed by atoms with van der Waals surface area (Å²) in [4.78, 5) is 33.5. The first-order chi connectivity index (χ1) is 21.8. The summed E-state index contributed by atoms with van der Waals surface area (Å²) in [6.45, 7) is 0. The number of hydrogen-bond donors (Lipinski definition) is 0. The van der Waals surface area contributed by atoms with Gasteiger partial charge >= 0.3 is 0 Å². The van der Waals surface area contributed by atoms with Gasteiger partial charge in [-0.05, 0) is 72.1 Å². The van der Waals surface area contributed by atoms with Crippen LogP contribution in [0.2, 0.25) is 0 Å². The van der Waals surface area contributed by atoms with Crippen LogP contribution in [-0.2, 0) is 0 Å². The molecule has 8 aromatic rings. The van der Waals surface area contributed by atoms with Crippen molar-refractivity contribution < 1.29 is 0 Å². The van der Waals surface area contributed by atoms with Crippen LogP contribution in [0.1, 0.15) is 0 Å². The average molecular weight is 569 g/mol. The Morgan fingerprint density at radius 1 is 0.364 bits per heavy atom. The van der Waals surface area contributed by atoms with Gasteiger partial charge in [0.05, 0.1) is 22.4 Å². The summed E-state index contributed by atoms with van der Waals surface area (Å²) in [5.74, 6) is 2.86. The molecule has 8 heteroatoms. The predicted octanol–water partition coefficient (Wildman–Crippen LogP) is 8.46. The van der Waals surface area contributed by atoms with Crippen LogP contribution in [0, 0.1) is 0 Å². The van der Waals surface area contributed by atoms with Crippen molar-refractivity contribution in [1.29, 1.82) is 0 Å². The van der Waals surface area contributed by atoms with Crippen molar-refractivity contribution in [2.45, 2.75) is 0 Å². The lowest BCUT2D eigenvalue weighted by molar-refractivity contribution is 1.11. The first-order valence-electron chi connectivity index (χ1n) is 14.2. The molecule has 0 saturated heterocycles. The standard InChI is InChI=1S/C36H24N8/c1-2-12-26-25(11-1)17-18-27-34(26)42-36-29(44(32-15-5-9-23-39-32)33-16-6-10-24-40-33)20-19-28(35(36)41-27)43(30-13-3-7-21-37-30)31-14-4-8-22-38-31/h1-24H.